The van der Waals surface area contributed by atoms with Gasteiger partial charge in [-0.2, -0.15) is 0 Å². The van der Waals surface area contributed by atoms with Gasteiger partial charge in [0.25, 0.3) is 0 Å². The minimum Gasteiger partial charge on any atom is -0.383 e. The van der Waals surface area contributed by atoms with Gasteiger partial charge >= 0.3 is 0 Å². The van der Waals surface area contributed by atoms with Crippen molar-refractivity contribution >= 4 is 17.1 Å². The number of methoxy groups -OCH3 is 1. The van der Waals surface area contributed by atoms with Gasteiger partial charge in [0, 0.05) is 18.0 Å². The lowest BCUT2D eigenvalue weighted by atomic mass is 10.2. The van der Waals surface area contributed by atoms with Gasteiger partial charge in [-0.3, -0.25) is 9.69 Å². The second-order valence-electron chi connectivity index (χ2n) is 4.20. The van der Waals surface area contributed by atoms with Crippen molar-refractivity contribution in [3.8, 4) is 0 Å². The summed E-state index contributed by atoms with van der Waals surface area (Å²) in [5.74, 6) is 0.202. The fraction of sp³-hybridized carbons (Fsp3) is 0.615. The number of hydrogen-bond acceptors (Lipinski definition) is 4. The summed E-state index contributed by atoms with van der Waals surface area (Å²) in [7, 11) is 1.69. The van der Waals surface area contributed by atoms with Crippen LogP contribution in [0.3, 0.4) is 0 Å². The lowest BCUT2D eigenvalue weighted by Gasteiger charge is -2.26. The highest BCUT2D eigenvalue weighted by Crippen LogP contribution is 2.16. The van der Waals surface area contributed by atoms with Crippen LogP contribution in [0.4, 0.5) is 0 Å². The first kappa shape index (κ1) is 14.4. The van der Waals surface area contributed by atoms with E-state index in [2.05, 4.69) is 18.7 Å². The largest absolute Gasteiger partial charge is 0.383 e. The van der Waals surface area contributed by atoms with Crippen molar-refractivity contribution in [1.29, 1.82) is 0 Å². The minimum absolute atomic E-state index is 0.202. The van der Waals surface area contributed by atoms with Crippen LogP contribution >= 0.6 is 11.3 Å². The van der Waals surface area contributed by atoms with Crippen LogP contribution in [0.25, 0.3) is 0 Å². The molecule has 1 aromatic rings. The Bertz CT molecular complexity index is 362. The molecule has 96 valence electrons. The van der Waals surface area contributed by atoms with Crippen molar-refractivity contribution in [2.24, 2.45) is 0 Å². The molecule has 0 aliphatic rings. The number of rotatable bonds is 7. The van der Waals surface area contributed by atoms with Crippen LogP contribution in [-0.4, -0.2) is 43.5 Å². The number of carbonyl (C=O) groups is 1. The summed E-state index contributed by atoms with van der Waals surface area (Å²) in [5, 5.41) is 0. The Morgan fingerprint density at radius 3 is 2.71 bits per heavy atom. The highest BCUT2D eigenvalue weighted by Gasteiger charge is 2.17. The molecule has 0 N–H and O–H groups in total. The number of ether oxygens (including phenoxy) is 1. The topological polar surface area (TPSA) is 29.5 Å². The maximum absolute atomic E-state index is 12.1. The van der Waals surface area contributed by atoms with Crippen LogP contribution < -0.4 is 0 Å². The smallest absolute Gasteiger partial charge is 0.186 e. The Labute approximate surface area is 107 Å². The number of aryl methyl sites for hydroxylation is 1. The molecule has 3 nitrogen and oxygen atoms in total. The zero-order valence-corrected chi connectivity index (χ0v) is 11.8. The van der Waals surface area contributed by atoms with Crippen molar-refractivity contribution in [3.63, 3.8) is 0 Å². The number of thiophene rings is 1. The van der Waals surface area contributed by atoms with E-state index in [0.29, 0.717) is 13.2 Å². The van der Waals surface area contributed by atoms with E-state index >= 15 is 0 Å². The molecule has 0 aliphatic heterocycles. The highest BCUT2D eigenvalue weighted by molar-refractivity contribution is 7.14. The molecule has 0 aliphatic carbocycles. The second-order valence-corrected chi connectivity index (χ2v) is 5.49. The SMILES string of the molecule is CCN(CC(=O)c1ccc(C)s1)C(C)COC. The minimum atomic E-state index is 0.202. The van der Waals surface area contributed by atoms with E-state index < -0.39 is 0 Å². The Balaban J connectivity index is 2.59. The molecule has 0 spiro atoms. The Kier molecular flexibility index (Phi) is 5.82. The summed E-state index contributed by atoms with van der Waals surface area (Å²) >= 11 is 1.57. The van der Waals surface area contributed by atoms with Crippen molar-refractivity contribution in [2.45, 2.75) is 26.8 Å². The van der Waals surface area contributed by atoms with Crippen molar-refractivity contribution in [1.82, 2.24) is 4.90 Å². The Hall–Kier alpha value is -0.710. The van der Waals surface area contributed by atoms with Gasteiger partial charge in [-0.25, -0.2) is 0 Å². The van der Waals surface area contributed by atoms with Gasteiger partial charge in [0.05, 0.1) is 18.0 Å². The van der Waals surface area contributed by atoms with Gasteiger partial charge in [0.2, 0.25) is 0 Å². The summed E-state index contributed by atoms with van der Waals surface area (Å²) in [5.41, 5.74) is 0. The normalized spacial score (nSPS) is 13.0. The van der Waals surface area contributed by atoms with Gasteiger partial charge < -0.3 is 4.74 Å². The standard InChI is InChI=1S/C13H21NO2S/c1-5-14(10(2)9-16-4)8-12(15)13-7-6-11(3)17-13/h6-7,10H,5,8-9H2,1-4H3. The average Bonchev–Trinajstić information content (AvgIpc) is 2.72. The monoisotopic (exact) mass is 255 g/mol. The van der Waals surface area contributed by atoms with Crippen LogP contribution in [-0.2, 0) is 4.74 Å². The molecule has 0 saturated heterocycles. The summed E-state index contributed by atoms with van der Waals surface area (Å²) in [6.45, 7) is 8.16. The first-order valence-electron chi connectivity index (χ1n) is 5.91. The maximum atomic E-state index is 12.1. The fourth-order valence-electron chi connectivity index (χ4n) is 1.77. The molecule has 17 heavy (non-hydrogen) atoms. The highest BCUT2D eigenvalue weighted by atomic mass is 32.1. The molecule has 1 heterocycles. The molecule has 0 radical (unpaired) electrons. The molecule has 1 rings (SSSR count). The number of nitrogens with zero attached hydrogens (tertiary/aromatic N) is 1. The molecule has 0 fully saturated rings. The van der Waals surface area contributed by atoms with E-state index in [1.165, 1.54) is 4.88 Å². The summed E-state index contributed by atoms with van der Waals surface area (Å²) in [4.78, 5) is 16.2. The first-order chi connectivity index (χ1) is 8.08. The summed E-state index contributed by atoms with van der Waals surface area (Å²) in [6, 6.07) is 4.18. The van der Waals surface area contributed by atoms with E-state index in [-0.39, 0.29) is 11.8 Å². The summed E-state index contributed by atoms with van der Waals surface area (Å²) < 4.78 is 5.13. The molecule has 1 unspecified atom stereocenters. The van der Waals surface area contributed by atoms with E-state index in [0.717, 1.165) is 11.4 Å². The number of hydrogen-bond donors (Lipinski definition) is 0. The Morgan fingerprint density at radius 1 is 1.53 bits per heavy atom. The van der Waals surface area contributed by atoms with Gasteiger partial charge in [0.15, 0.2) is 5.78 Å². The predicted octanol–water partition coefficient (Wildman–Crippen LogP) is 2.60. The maximum Gasteiger partial charge on any atom is 0.186 e. The van der Waals surface area contributed by atoms with Crippen LogP contribution in [0.5, 0.6) is 0 Å². The van der Waals surface area contributed by atoms with Crippen LogP contribution in [0.15, 0.2) is 12.1 Å². The third-order valence-electron chi connectivity index (χ3n) is 2.80. The van der Waals surface area contributed by atoms with E-state index in [4.69, 9.17) is 4.74 Å². The number of Topliss-reactive ketones (excluding diaryl/α,β-unsaturated/α-hetero) is 1. The molecule has 4 heteroatoms. The van der Waals surface area contributed by atoms with Gasteiger partial charge in [-0.15, -0.1) is 11.3 Å². The van der Waals surface area contributed by atoms with Crippen LogP contribution in [0.2, 0.25) is 0 Å². The Morgan fingerprint density at radius 2 is 2.24 bits per heavy atom. The second kappa shape index (κ2) is 6.89. The van der Waals surface area contributed by atoms with Crippen molar-refractivity contribution in [3.05, 3.63) is 21.9 Å². The molecule has 0 aromatic carbocycles. The fourth-order valence-corrected chi connectivity index (χ4v) is 2.57. The van der Waals surface area contributed by atoms with Crippen molar-refractivity contribution < 1.29 is 9.53 Å². The molecular formula is C13H21NO2S. The third kappa shape index (κ3) is 4.22. The number of carbonyl (C=O) groups excluding carboxylic acids is 1. The molecule has 0 bridgehead atoms. The van der Waals surface area contributed by atoms with E-state index in [1.807, 2.05) is 19.1 Å². The van der Waals surface area contributed by atoms with Crippen LogP contribution in [0, 0.1) is 6.92 Å². The number of likely N-dealkylation sites (N-methyl/N-ethyl adjacent to an activating group) is 1. The molecule has 0 saturated carbocycles. The average molecular weight is 255 g/mol. The predicted molar refractivity (Wildman–Crippen MR) is 72.0 cm³/mol. The zero-order chi connectivity index (χ0) is 12.8. The summed E-state index contributed by atoms with van der Waals surface area (Å²) in [6.07, 6.45) is 0. The van der Waals surface area contributed by atoms with Gasteiger partial charge in [0.1, 0.15) is 0 Å². The number of ketones is 1. The van der Waals surface area contributed by atoms with Crippen LogP contribution in [0.1, 0.15) is 28.4 Å². The molecule has 1 aromatic heterocycles. The van der Waals surface area contributed by atoms with E-state index in [9.17, 15) is 4.79 Å². The molecular weight excluding hydrogens is 234 g/mol. The first-order valence-corrected chi connectivity index (χ1v) is 6.72. The molecule has 0 amide bonds. The lowest BCUT2D eigenvalue weighted by Crippen LogP contribution is -2.39. The van der Waals surface area contributed by atoms with Crippen molar-refractivity contribution in [2.75, 3.05) is 26.8 Å². The third-order valence-corrected chi connectivity index (χ3v) is 3.84. The van der Waals surface area contributed by atoms with Gasteiger partial charge in [-0.1, -0.05) is 6.92 Å². The van der Waals surface area contributed by atoms with Gasteiger partial charge in [-0.05, 0) is 32.5 Å². The lowest BCUT2D eigenvalue weighted by molar-refractivity contribution is 0.0791. The quantitative estimate of drug-likeness (QED) is 0.701. The zero-order valence-electron chi connectivity index (χ0n) is 11.0. The molecule has 1 atom stereocenters. The van der Waals surface area contributed by atoms with E-state index in [1.54, 1.807) is 18.4 Å².